The van der Waals surface area contributed by atoms with Gasteiger partial charge in [0.05, 0.1) is 5.60 Å². The Morgan fingerprint density at radius 1 is 1.44 bits per heavy atom. The minimum atomic E-state index is -0.757. The summed E-state index contributed by atoms with van der Waals surface area (Å²) in [6.45, 7) is 4.09. The zero-order chi connectivity index (χ0) is 11.8. The number of fused-ring (bicyclic) bond motifs is 2. The van der Waals surface area contributed by atoms with Gasteiger partial charge in [0.1, 0.15) is 0 Å². The molecular formula is C13H23NO2. The Kier molecular flexibility index (Phi) is 3.24. The van der Waals surface area contributed by atoms with Crippen LogP contribution in [0.25, 0.3) is 0 Å². The number of amides is 1. The van der Waals surface area contributed by atoms with Gasteiger partial charge in [-0.3, -0.25) is 4.79 Å². The van der Waals surface area contributed by atoms with E-state index >= 15 is 0 Å². The summed E-state index contributed by atoms with van der Waals surface area (Å²) in [5.74, 6) is 1.82. The molecule has 0 aliphatic heterocycles. The predicted molar refractivity (Wildman–Crippen MR) is 62.9 cm³/mol. The molecule has 0 saturated heterocycles. The van der Waals surface area contributed by atoms with E-state index in [-0.39, 0.29) is 11.8 Å². The first-order valence-electron chi connectivity index (χ1n) is 6.52. The van der Waals surface area contributed by atoms with Crippen molar-refractivity contribution >= 4 is 5.91 Å². The van der Waals surface area contributed by atoms with E-state index in [1.165, 1.54) is 19.3 Å². The van der Waals surface area contributed by atoms with Crippen molar-refractivity contribution in [2.45, 2.75) is 51.6 Å². The van der Waals surface area contributed by atoms with Gasteiger partial charge in [-0.05, 0) is 44.4 Å². The van der Waals surface area contributed by atoms with Gasteiger partial charge in [0.15, 0.2) is 0 Å². The van der Waals surface area contributed by atoms with Gasteiger partial charge in [-0.25, -0.2) is 0 Å². The number of rotatable bonds is 4. The molecule has 4 unspecified atom stereocenters. The average Bonchev–Trinajstić information content (AvgIpc) is 2.87. The molecule has 3 nitrogen and oxygen atoms in total. The van der Waals surface area contributed by atoms with Crippen LogP contribution in [0.1, 0.15) is 46.0 Å². The van der Waals surface area contributed by atoms with E-state index in [9.17, 15) is 9.90 Å². The first-order valence-corrected chi connectivity index (χ1v) is 6.52. The Labute approximate surface area is 97.6 Å². The van der Waals surface area contributed by atoms with Gasteiger partial charge < -0.3 is 10.4 Å². The lowest BCUT2D eigenvalue weighted by Gasteiger charge is -2.25. The second-order valence-electron chi connectivity index (χ2n) is 5.85. The Hall–Kier alpha value is -0.570. The molecule has 0 aromatic rings. The fourth-order valence-electron chi connectivity index (χ4n) is 3.10. The SMILES string of the molecule is CCC(C)(O)CNC(=O)C1CC2CCC1C2. The van der Waals surface area contributed by atoms with Crippen LogP contribution in [0.15, 0.2) is 0 Å². The van der Waals surface area contributed by atoms with Gasteiger partial charge >= 0.3 is 0 Å². The van der Waals surface area contributed by atoms with Crippen molar-refractivity contribution < 1.29 is 9.90 Å². The molecule has 92 valence electrons. The highest BCUT2D eigenvalue weighted by Crippen LogP contribution is 2.48. The third-order valence-corrected chi connectivity index (χ3v) is 4.48. The minimum Gasteiger partial charge on any atom is -0.388 e. The summed E-state index contributed by atoms with van der Waals surface area (Å²) in [6, 6.07) is 0. The van der Waals surface area contributed by atoms with Crippen LogP contribution in [0.5, 0.6) is 0 Å². The number of nitrogens with one attached hydrogen (secondary N) is 1. The zero-order valence-corrected chi connectivity index (χ0v) is 10.3. The highest BCUT2D eigenvalue weighted by Gasteiger charge is 2.43. The Bertz CT molecular complexity index is 275. The molecule has 0 heterocycles. The monoisotopic (exact) mass is 225 g/mol. The molecular weight excluding hydrogens is 202 g/mol. The Morgan fingerprint density at radius 3 is 2.69 bits per heavy atom. The van der Waals surface area contributed by atoms with Crippen molar-refractivity contribution in [1.29, 1.82) is 0 Å². The van der Waals surface area contributed by atoms with Crippen molar-refractivity contribution in [3.8, 4) is 0 Å². The molecule has 0 aromatic heterocycles. The van der Waals surface area contributed by atoms with E-state index in [4.69, 9.17) is 0 Å². The summed E-state index contributed by atoms with van der Waals surface area (Å²) in [6.07, 6.45) is 5.55. The quantitative estimate of drug-likeness (QED) is 0.765. The molecule has 0 spiro atoms. The molecule has 0 radical (unpaired) electrons. The van der Waals surface area contributed by atoms with Crippen LogP contribution in [0.2, 0.25) is 0 Å². The first kappa shape index (κ1) is 11.9. The molecule has 3 heteroatoms. The predicted octanol–water partition coefficient (Wildman–Crippen LogP) is 1.70. The summed E-state index contributed by atoms with van der Waals surface area (Å²) in [7, 11) is 0. The normalized spacial score (nSPS) is 36.1. The van der Waals surface area contributed by atoms with Gasteiger partial charge in [-0.15, -0.1) is 0 Å². The molecule has 2 fully saturated rings. The molecule has 2 N–H and O–H groups in total. The first-order chi connectivity index (χ1) is 7.52. The number of carbonyl (C=O) groups is 1. The number of hydrogen-bond acceptors (Lipinski definition) is 2. The van der Waals surface area contributed by atoms with Crippen LogP contribution in [0.4, 0.5) is 0 Å². The highest BCUT2D eigenvalue weighted by atomic mass is 16.3. The fourth-order valence-corrected chi connectivity index (χ4v) is 3.10. The summed E-state index contributed by atoms with van der Waals surface area (Å²) in [4.78, 5) is 12.0. The van der Waals surface area contributed by atoms with Crippen LogP contribution in [-0.2, 0) is 4.79 Å². The van der Waals surface area contributed by atoms with Gasteiger partial charge in [0.25, 0.3) is 0 Å². The van der Waals surface area contributed by atoms with E-state index in [0.717, 1.165) is 12.3 Å². The second-order valence-corrected chi connectivity index (χ2v) is 5.85. The third-order valence-electron chi connectivity index (χ3n) is 4.48. The molecule has 0 aromatic carbocycles. The molecule has 2 saturated carbocycles. The van der Waals surface area contributed by atoms with Gasteiger partial charge in [0.2, 0.25) is 5.91 Å². The van der Waals surface area contributed by atoms with Crippen molar-refractivity contribution in [2.75, 3.05) is 6.54 Å². The molecule has 1 amide bonds. The number of carbonyl (C=O) groups excluding carboxylic acids is 1. The molecule has 4 atom stereocenters. The number of aliphatic hydroxyl groups is 1. The van der Waals surface area contributed by atoms with E-state index in [1.807, 2.05) is 6.92 Å². The smallest absolute Gasteiger partial charge is 0.223 e. The molecule has 2 aliphatic carbocycles. The molecule has 2 bridgehead atoms. The van der Waals surface area contributed by atoms with Crippen molar-refractivity contribution in [1.82, 2.24) is 5.32 Å². The van der Waals surface area contributed by atoms with Crippen LogP contribution in [0.3, 0.4) is 0 Å². The van der Waals surface area contributed by atoms with Crippen LogP contribution < -0.4 is 5.32 Å². The fraction of sp³-hybridized carbons (Fsp3) is 0.923. The Balaban J connectivity index is 1.81. The maximum atomic E-state index is 12.0. The minimum absolute atomic E-state index is 0.168. The van der Waals surface area contributed by atoms with Gasteiger partial charge in [-0.2, -0.15) is 0 Å². The van der Waals surface area contributed by atoms with Crippen LogP contribution in [-0.4, -0.2) is 23.2 Å². The van der Waals surface area contributed by atoms with E-state index in [0.29, 0.717) is 18.9 Å². The summed E-state index contributed by atoms with van der Waals surface area (Å²) in [5.41, 5.74) is -0.757. The largest absolute Gasteiger partial charge is 0.388 e. The van der Waals surface area contributed by atoms with Crippen molar-refractivity contribution in [2.24, 2.45) is 17.8 Å². The Morgan fingerprint density at radius 2 is 2.19 bits per heavy atom. The molecule has 2 aliphatic rings. The number of hydrogen-bond donors (Lipinski definition) is 2. The van der Waals surface area contributed by atoms with Crippen LogP contribution >= 0.6 is 0 Å². The maximum Gasteiger partial charge on any atom is 0.223 e. The molecule has 16 heavy (non-hydrogen) atoms. The van der Waals surface area contributed by atoms with Crippen molar-refractivity contribution in [3.63, 3.8) is 0 Å². The average molecular weight is 225 g/mol. The van der Waals surface area contributed by atoms with E-state index in [2.05, 4.69) is 5.32 Å². The summed E-state index contributed by atoms with van der Waals surface area (Å²) in [5, 5.41) is 12.7. The lowest BCUT2D eigenvalue weighted by molar-refractivity contribution is -0.127. The van der Waals surface area contributed by atoms with E-state index < -0.39 is 5.60 Å². The van der Waals surface area contributed by atoms with E-state index in [1.54, 1.807) is 6.92 Å². The standard InChI is InChI=1S/C13H23NO2/c1-3-13(2,16)8-14-12(15)11-7-9-4-5-10(11)6-9/h9-11,16H,3-8H2,1-2H3,(H,14,15). The maximum absolute atomic E-state index is 12.0. The van der Waals surface area contributed by atoms with Gasteiger partial charge in [0, 0.05) is 12.5 Å². The lowest BCUT2D eigenvalue weighted by Crippen LogP contribution is -2.43. The zero-order valence-electron chi connectivity index (χ0n) is 10.3. The topological polar surface area (TPSA) is 49.3 Å². The van der Waals surface area contributed by atoms with Gasteiger partial charge in [-0.1, -0.05) is 13.3 Å². The lowest BCUT2D eigenvalue weighted by atomic mass is 9.88. The summed E-state index contributed by atoms with van der Waals surface area (Å²) >= 11 is 0. The third kappa shape index (κ3) is 2.40. The summed E-state index contributed by atoms with van der Waals surface area (Å²) < 4.78 is 0. The van der Waals surface area contributed by atoms with Crippen LogP contribution in [0, 0.1) is 17.8 Å². The molecule has 2 rings (SSSR count). The highest BCUT2D eigenvalue weighted by molar-refractivity contribution is 5.79. The van der Waals surface area contributed by atoms with Crippen molar-refractivity contribution in [3.05, 3.63) is 0 Å². The second kappa shape index (κ2) is 4.36.